The van der Waals surface area contributed by atoms with Crippen molar-refractivity contribution in [2.45, 2.75) is 24.9 Å². The summed E-state index contributed by atoms with van der Waals surface area (Å²) >= 11 is 1.34. The second-order valence-electron chi connectivity index (χ2n) is 5.92. The molecule has 0 aliphatic carbocycles. The van der Waals surface area contributed by atoms with Gasteiger partial charge < -0.3 is 10.7 Å². The van der Waals surface area contributed by atoms with E-state index in [4.69, 9.17) is 5.84 Å². The first-order chi connectivity index (χ1) is 11.1. The fourth-order valence-corrected chi connectivity index (χ4v) is 3.55. The number of hydrogen-bond acceptors (Lipinski definition) is 5. The van der Waals surface area contributed by atoms with E-state index in [-0.39, 0.29) is 5.91 Å². The molecule has 1 aliphatic rings. The lowest BCUT2D eigenvalue weighted by Crippen LogP contribution is -2.40. The average molecular weight is 331 g/mol. The van der Waals surface area contributed by atoms with Crippen LogP contribution in [0.15, 0.2) is 35.5 Å². The highest BCUT2D eigenvalue weighted by Gasteiger charge is 2.22. The number of carbonyl (C=O) groups is 1. The van der Waals surface area contributed by atoms with Crippen molar-refractivity contribution in [3.8, 4) is 11.4 Å². The molecule has 2 N–H and O–H groups in total. The molecule has 0 saturated carbocycles. The molecule has 1 unspecified atom stereocenters. The number of rotatable bonds is 4. The van der Waals surface area contributed by atoms with Crippen molar-refractivity contribution in [1.29, 1.82) is 0 Å². The Balaban J connectivity index is 1.63. The molecule has 6 nitrogen and oxygen atoms in total. The van der Waals surface area contributed by atoms with E-state index in [1.165, 1.54) is 22.9 Å². The number of thioether (sulfide) groups is 1. The van der Waals surface area contributed by atoms with Crippen LogP contribution in [0, 0.1) is 5.92 Å². The SMILES string of the molecule is CC1CCCN(C(=O)CSc2nnc(-c3ccccc3)n2N)C1. The molecule has 2 aromatic rings. The maximum atomic E-state index is 12.3. The van der Waals surface area contributed by atoms with Gasteiger partial charge in [0.25, 0.3) is 0 Å². The minimum Gasteiger partial charge on any atom is -0.342 e. The van der Waals surface area contributed by atoms with Gasteiger partial charge in [0, 0.05) is 18.7 Å². The second kappa shape index (κ2) is 7.04. The summed E-state index contributed by atoms with van der Waals surface area (Å²) in [4.78, 5) is 14.3. The van der Waals surface area contributed by atoms with Crippen LogP contribution in [0.1, 0.15) is 19.8 Å². The molecule has 1 fully saturated rings. The number of amides is 1. The van der Waals surface area contributed by atoms with Gasteiger partial charge in [-0.1, -0.05) is 49.0 Å². The van der Waals surface area contributed by atoms with E-state index in [9.17, 15) is 4.79 Å². The first-order valence-corrected chi connectivity index (χ1v) is 8.80. The molecule has 7 heteroatoms. The lowest BCUT2D eigenvalue weighted by Gasteiger charge is -2.30. The van der Waals surface area contributed by atoms with Gasteiger partial charge in [0.15, 0.2) is 5.82 Å². The van der Waals surface area contributed by atoms with E-state index < -0.39 is 0 Å². The minimum atomic E-state index is 0.144. The average Bonchev–Trinajstić information content (AvgIpc) is 2.94. The Morgan fingerprint density at radius 3 is 2.87 bits per heavy atom. The highest BCUT2D eigenvalue weighted by molar-refractivity contribution is 7.99. The Morgan fingerprint density at radius 1 is 1.35 bits per heavy atom. The number of benzene rings is 1. The van der Waals surface area contributed by atoms with Crippen molar-refractivity contribution in [2.75, 3.05) is 24.7 Å². The van der Waals surface area contributed by atoms with Gasteiger partial charge in [-0.2, -0.15) is 0 Å². The van der Waals surface area contributed by atoms with Crippen LogP contribution < -0.4 is 5.84 Å². The summed E-state index contributed by atoms with van der Waals surface area (Å²) in [6.45, 7) is 3.90. The van der Waals surface area contributed by atoms with Crippen LogP contribution in [0.2, 0.25) is 0 Å². The van der Waals surface area contributed by atoms with Gasteiger partial charge in [-0.3, -0.25) is 4.79 Å². The highest BCUT2D eigenvalue weighted by Crippen LogP contribution is 2.22. The highest BCUT2D eigenvalue weighted by atomic mass is 32.2. The summed E-state index contributed by atoms with van der Waals surface area (Å²) in [5.74, 6) is 7.74. The fourth-order valence-electron chi connectivity index (χ4n) is 2.79. The van der Waals surface area contributed by atoms with Gasteiger partial charge in [0.2, 0.25) is 11.1 Å². The molecule has 1 aliphatic heterocycles. The Bertz CT molecular complexity index is 672. The topological polar surface area (TPSA) is 77.0 Å². The number of nitrogens with zero attached hydrogens (tertiary/aromatic N) is 4. The van der Waals surface area contributed by atoms with Crippen LogP contribution in [-0.4, -0.2) is 44.5 Å². The van der Waals surface area contributed by atoms with Crippen molar-refractivity contribution in [3.63, 3.8) is 0 Å². The molecule has 0 radical (unpaired) electrons. The number of piperidine rings is 1. The Morgan fingerprint density at radius 2 is 2.13 bits per heavy atom. The molecule has 1 saturated heterocycles. The Kier molecular flexibility index (Phi) is 4.85. The molecule has 0 bridgehead atoms. The van der Waals surface area contributed by atoms with E-state index >= 15 is 0 Å². The standard InChI is InChI=1S/C16H21N5OS/c1-12-6-5-9-20(10-12)14(22)11-23-16-19-18-15(21(16)17)13-7-3-2-4-8-13/h2-4,7-8,12H,5-6,9-11,17H2,1H3. The van der Waals surface area contributed by atoms with Crippen molar-refractivity contribution in [2.24, 2.45) is 5.92 Å². The zero-order valence-electron chi connectivity index (χ0n) is 13.2. The quantitative estimate of drug-likeness (QED) is 0.685. The summed E-state index contributed by atoms with van der Waals surface area (Å²) in [7, 11) is 0. The van der Waals surface area contributed by atoms with Gasteiger partial charge in [0.1, 0.15) is 0 Å². The van der Waals surface area contributed by atoms with Crippen LogP contribution >= 0.6 is 11.8 Å². The molecule has 1 amide bonds. The molecule has 2 heterocycles. The van der Waals surface area contributed by atoms with Gasteiger partial charge in [-0.05, 0) is 18.8 Å². The number of carbonyl (C=O) groups excluding carboxylic acids is 1. The van der Waals surface area contributed by atoms with Crippen molar-refractivity contribution < 1.29 is 4.79 Å². The molecule has 1 atom stereocenters. The van der Waals surface area contributed by atoms with Gasteiger partial charge in [0.05, 0.1) is 5.75 Å². The maximum Gasteiger partial charge on any atom is 0.233 e. The zero-order chi connectivity index (χ0) is 16.2. The third-order valence-electron chi connectivity index (χ3n) is 4.03. The van der Waals surface area contributed by atoms with Crippen LogP contribution in [0.4, 0.5) is 0 Å². The third-order valence-corrected chi connectivity index (χ3v) is 4.96. The Hall–Kier alpha value is -2.02. The zero-order valence-corrected chi connectivity index (χ0v) is 14.0. The Labute approximate surface area is 140 Å². The summed E-state index contributed by atoms with van der Waals surface area (Å²) in [5, 5.41) is 8.79. The van der Waals surface area contributed by atoms with Crippen LogP contribution in [-0.2, 0) is 4.79 Å². The molecular formula is C16H21N5OS. The van der Waals surface area contributed by atoms with E-state index in [0.29, 0.717) is 22.7 Å². The van der Waals surface area contributed by atoms with E-state index in [2.05, 4.69) is 17.1 Å². The number of nitrogens with two attached hydrogens (primary N) is 1. The van der Waals surface area contributed by atoms with Crippen LogP contribution in [0.5, 0.6) is 0 Å². The fraction of sp³-hybridized carbons (Fsp3) is 0.438. The van der Waals surface area contributed by atoms with E-state index in [1.54, 1.807) is 0 Å². The van der Waals surface area contributed by atoms with Gasteiger partial charge >= 0.3 is 0 Å². The molecule has 23 heavy (non-hydrogen) atoms. The predicted molar refractivity (Wildman–Crippen MR) is 91.3 cm³/mol. The molecule has 3 rings (SSSR count). The van der Waals surface area contributed by atoms with Crippen molar-refractivity contribution in [1.82, 2.24) is 19.8 Å². The second-order valence-corrected chi connectivity index (χ2v) is 6.86. The maximum absolute atomic E-state index is 12.3. The molecule has 1 aromatic carbocycles. The minimum absolute atomic E-state index is 0.144. The predicted octanol–water partition coefficient (Wildman–Crippen LogP) is 2.01. The summed E-state index contributed by atoms with van der Waals surface area (Å²) in [6, 6.07) is 9.66. The molecular weight excluding hydrogens is 310 g/mol. The molecule has 122 valence electrons. The van der Waals surface area contributed by atoms with Gasteiger partial charge in [-0.15, -0.1) is 10.2 Å². The van der Waals surface area contributed by atoms with Crippen molar-refractivity contribution >= 4 is 17.7 Å². The molecule has 1 aromatic heterocycles. The first kappa shape index (κ1) is 15.9. The van der Waals surface area contributed by atoms with Crippen LogP contribution in [0.25, 0.3) is 11.4 Å². The summed E-state index contributed by atoms with van der Waals surface area (Å²) < 4.78 is 1.45. The molecule has 0 spiro atoms. The van der Waals surface area contributed by atoms with E-state index in [0.717, 1.165) is 25.1 Å². The monoisotopic (exact) mass is 331 g/mol. The van der Waals surface area contributed by atoms with E-state index in [1.807, 2.05) is 35.2 Å². The van der Waals surface area contributed by atoms with Crippen LogP contribution in [0.3, 0.4) is 0 Å². The third kappa shape index (κ3) is 3.67. The first-order valence-electron chi connectivity index (χ1n) is 7.81. The normalized spacial score (nSPS) is 18.1. The number of hydrogen-bond donors (Lipinski definition) is 1. The number of aromatic nitrogens is 3. The summed E-state index contributed by atoms with van der Waals surface area (Å²) in [5.41, 5.74) is 0.908. The number of likely N-dealkylation sites (tertiary alicyclic amines) is 1. The smallest absolute Gasteiger partial charge is 0.233 e. The largest absolute Gasteiger partial charge is 0.342 e. The summed E-state index contributed by atoms with van der Waals surface area (Å²) in [6.07, 6.45) is 2.29. The number of nitrogen functional groups attached to an aromatic ring is 1. The van der Waals surface area contributed by atoms with Crippen molar-refractivity contribution in [3.05, 3.63) is 30.3 Å². The van der Waals surface area contributed by atoms with Gasteiger partial charge in [-0.25, -0.2) is 4.68 Å². The lowest BCUT2D eigenvalue weighted by atomic mass is 10.0. The lowest BCUT2D eigenvalue weighted by molar-refractivity contribution is -0.130.